The molecule has 0 unspecified atom stereocenters. The first-order chi connectivity index (χ1) is 11.5. The second-order valence-electron chi connectivity index (χ2n) is 5.77. The van der Waals surface area contributed by atoms with Crippen LogP contribution in [0.4, 0.5) is 16.5 Å². The smallest absolute Gasteiger partial charge is 0.255 e. The van der Waals surface area contributed by atoms with Crippen LogP contribution in [0.15, 0.2) is 48.0 Å². The molecule has 1 amide bonds. The fourth-order valence-electron chi connectivity index (χ4n) is 2.71. The lowest BCUT2D eigenvalue weighted by atomic mass is 10.0. The number of thiazole rings is 1. The molecule has 4 nitrogen and oxygen atoms in total. The summed E-state index contributed by atoms with van der Waals surface area (Å²) in [6.45, 7) is 6.07. The molecule has 3 aromatic rings. The standard InChI is InChI=1S/C19H19N3OS/c1-12-9-13(2)17(14(3)10-12)22-18(23)15-5-4-6-16(11-15)21-19-20-7-8-24-19/h4-11H,1-3H3,(H,20,21)(H,22,23). The number of hydrogen-bond donors (Lipinski definition) is 2. The first-order valence-electron chi connectivity index (χ1n) is 7.69. The lowest BCUT2D eigenvalue weighted by Crippen LogP contribution is -2.14. The maximum Gasteiger partial charge on any atom is 0.255 e. The zero-order valence-electron chi connectivity index (χ0n) is 13.9. The van der Waals surface area contributed by atoms with E-state index in [0.29, 0.717) is 5.56 Å². The summed E-state index contributed by atoms with van der Waals surface area (Å²) in [5.74, 6) is -0.118. The van der Waals surface area contributed by atoms with Crippen molar-refractivity contribution in [2.45, 2.75) is 20.8 Å². The number of rotatable bonds is 4. The van der Waals surface area contributed by atoms with E-state index in [9.17, 15) is 4.79 Å². The van der Waals surface area contributed by atoms with Crippen LogP contribution in [0, 0.1) is 20.8 Å². The van der Waals surface area contributed by atoms with Crippen LogP contribution in [0.5, 0.6) is 0 Å². The van der Waals surface area contributed by atoms with Crippen LogP contribution in [-0.4, -0.2) is 10.9 Å². The van der Waals surface area contributed by atoms with Crippen molar-refractivity contribution >= 4 is 33.8 Å². The third kappa shape index (κ3) is 3.63. The van der Waals surface area contributed by atoms with E-state index in [0.717, 1.165) is 27.6 Å². The van der Waals surface area contributed by atoms with Gasteiger partial charge in [0.1, 0.15) is 0 Å². The van der Waals surface area contributed by atoms with Gasteiger partial charge in [-0.1, -0.05) is 23.8 Å². The van der Waals surface area contributed by atoms with Crippen LogP contribution < -0.4 is 10.6 Å². The topological polar surface area (TPSA) is 54.0 Å². The molecule has 122 valence electrons. The maximum atomic E-state index is 12.6. The highest BCUT2D eigenvalue weighted by atomic mass is 32.1. The van der Waals surface area contributed by atoms with Crippen LogP contribution in [0.25, 0.3) is 0 Å². The molecule has 1 heterocycles. The van der Waals surface area contributed by atoms with Gasteiger partial charge in [0, 0.05) is 28.5 Å². The summed E-state index contributed by atoms with van der Waals surface area (Å²) in [6, 6.07) is 11.6. The Morgan fingerprint density at radius 3 is 2.50 bits per heavy atom. The maximum absolute atomic E-state index is 12.6. The molecule has 0 aliphatic rings. The minimum Gasteiger partial charge on any atom is -0.332 e. The van der Waals surface area contributed by atoms with Gasteiger partial charge in [-0.25, -0.2) is 4.98 Å². The Morgan fingerprint density at radius 2 is 1.83 bits per heavy atom. The number of anilines is 3. The normalized spacial score (nSPS) is 10.5. The highest BCUT2D eigenvalue weighted by Crippen LogP contribution is 2.24. The van der Waals surface area contributed by atoms with E-state index in [2.05, 4.69) is 34.7 Å². The second kappa shape index (κ2) is 6.84. The predicted octanol–water partition coefficient (Wildman–Crippen LogP) is 5.06. The Kier molecular flexibility index (Phi) is 4.62. The molecular formula is C19H19N3OS. The van der Waals surface area contributed by atoms with Gasteiger partial charge in [0.25, 0.3) is 5.91 Å². The first-order valence-corrected chi connectivity index (χ1v) is 8.56. The highest BCUT2D eigenvalue weighted by molar-refractivity contribution is 7.13. The summed E-state index contributed by atoms with van der Waals surface area (Å²) < 4.78 is 0. The zero-order valence-corrected chi connectivity index (χ0v) is 14.7. The van der Waals surface area contributed by atoms with Crippen LogP contribution in [-0.2, 0) is 0 Å². The Morgan fingerprint density at radius 1 is 1.08 bits per heavy atom. The quantitative estimate of drug-likeness (QED) is 0.699. The lowest BCUT2D eigenvalue weighted by molar-refractivity contribution is 0.102. The van der Waals surface area contributed by atoms with Crippen LogP contribution in [0.2, 0.25) is 0 Å². The van der Waals surface area contributed by atoms with Gasteiger partial charge in [-0.3, -0.25) is 4.79 Å². The molecule has 0 bridgehead atoms. The van der Waals surface area contributed by atoms with Gasteiger partial charge in [0.15, 0.2) is 5.13 Å². The fourth-order valence-corrected chi connectivity index (χ4v) is 3.26. The van der Waals surface area contributed by atoms with E-state index >= 15 is 0 Å². The first kappa shape index (κ1) is 16.2. The Labute approximate surface area is 145 Å². The van der Waals surface area contributed by atoms with Crippen LogP contribution in [0.1, 0.15) is 27.0 Å². The number of nitrogens with zero attached hydrogens (tertiary/aromatic N) is 1. The number of amides is 1. The molecule has 3 rings (SSSR count). The summed E-state index contributed by atoms with van der Waals surface area (Å²) in [6.07, 6.45) is 1.74. The molecule has 0 aliphatic carbocycles. The van der Waals surface area contributed by atoms with Gasteiger partial charge >= 0.3 is 0 Å². The van der Waals surface area contributed by atoms with E-state index < -0.39 is 0 Å². The monoisotopic (exact) mass is 337 g/mol. The second-order valence-corrected chi connectivity index (χ2v) is 6.67. The molecule has 24 heavy (non-hydrogen) atoms. The summed E-state index contributed by atoms with van der Waals surface area (Å²) >= 11 is 1.52. The molecule has 0 spiro atoms. The number of hydrogen-bond acceptors (Lipinski definition) is 4. The molecular weight excluding hydrogens is 318 g/mol. The average molecular weight is 337 g/mol. The zero-order chi connectivity index (χ0) is 17.1. The number of aryl methyl sites for hydroxylation is 3. The molecule has 0 fully saturated rings. The molecule has 2 N–H and O–H groups in total. The minimum atomic E-state index is -0.118. The van der Waals surface area contributed by atoms with Gasteiger partial charge in [0.05, 0.1) is 0 Å². The van der Waals surface area contributed by atoms with Crippen molar-refractivity contribution in [2.75, 3.05) is 10.6 Å². The lowest BCUT2D eigenvalue weighted by Gasteiger charge is -2.13. The Bertz CT molecular complexity index is 849. The van der Waals surface area contributed by atoms with Crippen molar-refractivity contribution in [1.82, 2.24) is 4.98 Å². The third-order valence-corrected chi connectivity index (χ3v) is 4.41. The Hall–Kier alpha value is -2.66. The third-order valence-electron chi connectivity index (χ3n) is 3.72. The average Bonchev–Trinajstić information content (AvgIpc) is 3.04. The van der Waals surface area contributed by atoms with Gasteiger partial charge in [-0.2, -0.15) is 0 Å². The van der Waals surface area contributed by atoms with Crippen molar-refractivity contribution < 1.29 is 4.79 Å². The number of nitrogens with one attached hydrogen (secondary N) is 2. The van der Waals surface area contributed by atoms with Crippen molar-refractivity contribution in [3.05, 3.63) is 70.2 Å². The number of aromatic nitrogens is 1. The molecule has 0 saturated carbocycles. The van der Waals surface area contributed by atoms with E-state index in [-0.39, 0.29) is 5.91 Å². The SMILES string of the molecule is Cc1cc(C)c(NC(=O)c2cccc(Nc3nccs3)c2)c(C)c1. The van der Waals surface area contributed by atoms with E-state index in [1.54, 1.807) is 12.3 Å². The number of benzene rings is 2. The van der Waals surface area contributed by atoms with E-state index in [4.69, 9.17) is 0 Å². The van der Waals surface area contributed by atoms with Crippen molar-refractivity contribution in [1.29, 1.82) is 0 Å². The molecule has 0 radical (unpaired) electrons. The van der Waals surface area contributed by atoms with Crippen molar-refractivity contribution in [3.63, 3.8) is 0 Å². The van der Waals surface area contributed by atoms with Crippen molar-refractivity contribution in [3.8, 4) is 0 Å². The summed E-state index contributed by atoms with van der Waals surface area (Å²) in [5, 5.41) is 8.94. The molecule has 5 heteroatoms. The largest absolute Gasteiger partial charge is 0.332 e. The number of carbonyl (C=O) groups excluding carboxylic acids is 1. The Balaban J connectivity index is 1.81. The molecule has 0 aliphatic heterocycles. The van der Waals surface area contributed by atoms with Crippen LogP contribution in [0.3, 0.4) is 0 Å². The fraction of sp³-hybridized carbons (Fsp3) is 0.158. The minimum absolute atomic E-state index is 0.118. The summed E-state index contributed by atoms with van der Waals surface area (Å²) in [4.78, 5) is 16.8. The van der Waals surface area contributed by atoms with Crippen molar-refractivity contribution in [2.24, 2.45) is 0 Å². The molecule has 2 aromatic carbocycles. The molecule has 1 aromatic heterocycles. The summed E-state index contributed by atoms with van der Waals surface area (Å²) in [5.41, 5.74) is 5.66. The van der Waals surface area contributed by atoms with Gasteiger partial charge < -0.3 is 10.6 Å². The van der Waals surface area contributed by atoms with Gasteiger partial charge in [-0.05, 0) is 50.1 Å². The van der Waals surface area contributed by atoms with Gasteiger partial charge in [-0.15, -0.1) is 11.3 Å². The highest BCUT2D eigenvalue weighted by Gasteiger charge is 2.11. The van der Waals surface area contributed by atoms with Crippen LogP contribution >= 0.6 is 11.3 Å². The van der Waals surface area contributed by atoms with Gasteiger partial charge in [0.2, 0.25) is 0 Å². The van der Waals surface area contributed by atoms with E-state index in [1.807, 2.05) is 37.4 Å². The summed E-state index contributed by atoms with van der Waals surface area (Å²) in [7, 11) is 0. The van der Waals surface area contributed by atoms with E-state index in [1.165, 1.54) is 16.9 Å². The predicted molar refractivity (Wildman–Crippen MR) is 100 cm³/mol. The molecule has 0 atom stereocenters. The molecule has 0 saturated heterocycles. The number of carbonyl (C=O) groups is 1.